The summed E-state index contributed by atoms with van der Waals surface area (Å²) >= 11 is 1.65. The van der Waals surface area contributed by atoms with Crippen molar-refractivity contribution in [2.45, 2.75) is 64.5 Å². The minimum Gasteiger partial charge on any atom is -0.410 e. The molecule has 0 amide bonds. The zero-order valence-electron chi connectivity index (χ0n) is 15.3. The lowest BCUT2D eigenvalue weighted by atomic mass is 10.1. The molecule has 6 heteroatoms. The van der Waals surface area contributed by atoms with Crippen LogP contribution in [0.1, 0.15) is 56.7 Å². The number of hydrogen-bond acceptors (Lipinski definition) is 5. The molecule has 0 aromatic carbocycles. The highest BCUT2D eigenvalue weighted by Crippen LogP contribution is 2.27. The second-order valence-electron chi connectivity index (χ2n) is 6.47. The van der Waals surface area contributed by atoms with Gasteiger partial charge in [0.2, 0.25) is 0 Å². The fourth-order valence-electron chi connectivity index (χ4n) is 2.93. The minimum atomic E-state index is 0.543. The lowest BCUT2D eigenvalue weighted by molar-refractivity contribution is 0.463. The van der Waals surface area contributed by atoms with Gasteiger partial charge in [-0.2, -0.15) is 0 Å². The van der Waals surface area contributed by atoms with Crippen molar-refractivity contribution in [1.82, 2.24) is 19.6 Å². The molecule has 0 bridgehead atoms. The van der Waals surface area contributed by atoms with Gasteiger partial charge in [-0.15, -0.1) is 10.2 Å². The van der Waals surface area contributed by atoms with Crippen LogP contribution in [0.25, 0.3) is 17.2 Å². The van der Waals surface area contributed by atoms with Crippen LogP contribution in [0.2, 0.25) is 0 Å². The second-order valence-corrected chi connectivity index (χ2v) is 7.52. The van der Waals surface area contributed by atoms with Gasteiger partial charge in [0.15, 0.2) is 0 Å². The van der Waals surface area contributed by atoms with Crippen LogP contribution >= 0.6 is 11.8 Å². The Bertz CT molecular complexity index is 824. The van der Waals surface area contributed by atoms with Gasteiger partial charge in [-0.05, 0) is 31.9 Å². The van der Waals surface area contributed by atoms with Crippen molar-refractivity contribution >= 4 is 17.4 Å². The molecule has 0 saturated heterocycles. The van der Waals surface area contributed by atoms with Gasteiger partial charge in [-0.25, -0.2) is 4.98 Å². The zero-order chi connectivity index (χ0) is 17.6. The number of aryl methyl sites for hydroxylation is 2. The van der Waals surface area contributed by atoms with Crippen molar-refractivity contribution in [3.63, 3.8) is 0 Å². The maximum absolute atomic E-state index is 5.88. The first-order valence-electron chi connectivity index (χ1n) is 9.11. The molecule has 0 fully saturated rings. The van der Waals surface area contributed by atoms with Gasteiger partial charge in [-0.3, -0.25) is 4.40 Å². The molecule has 3 heterocycles. The van der Waals surface area contributed by atoms with Gasteiger partial charge in [0, 0.05) is 11.9 Å². The summed E-state index contributed by atoms with van der Waals surface area (Å²) in [5, 5.41) is 9.08. The normalized spacial score (nSPS) is 11.5. The Morgan fingerprint density at radius 1 is 1.04 bits per heavy atom. The molecule has 0 saturated carbocycles. The summed E-state index contributed by atoms with van der Waals surface area (Å²) < 4.78 is 7.91. The lowest BCUT2D eigenvalue weighted by Crippen LogP contribution is -1.90. The Morgan fingerprint density at radius 2 is 1.84 bits per heavy atom. The van der Waals surface area contributed by atoms with Crippen molar-refractivity contribution in [1.29, 1.82) is 0 Å². The van der Waals surface area contributed by atoms with E-state index in [-0.39, 0.29) is 0 Å². The van der Waals surface area contributed by atoms with E-state index in [1.54, 1.807) is 11.8 Å². The van der Waals surface area contributed by atoms with Crippen LogP contribution in [0.3, 0.4) is 0 Å². The Kier molecular flexibility index (Phi) is 6.13. The van der Waals surface area contributed by atoms with Gasteiger partial charge >= 0.3 is 0 Å². The summed E-state index contributed by atoms with van der Waals surface area (Å²) in [5.74, 6) is 1.57. The van der Waals surface area contributed by atoms with E-state index in [2.05, 4.69) is 41.3 Å². The molecule has 0 aliphatic heterocycles. The molecule has 0 aliphatic rings. The van der Waals surface area contributed by atoms with Gasteiger partial charge in [0.25, 0.3) is 11.1 Å². The molecule has 3 aromatic rings. The molecule has 0 unspecified atom stereocenters. The first-order chi connectivity index (χ1) is 12.2. The van der Waals surface area contributed by atoms with Crippen LogP contribution in [0.5, 0.6) is 0 Å². The largest absolute Gasteiger partial charge is 0.410 e. The van der Waals surface area contributed by atoms with Crippen molar-refractivity contribution in [3.8, 4) is 11.6 Å². The topological polar surface area (TPSA) is 56.2 Å². The summed E-state index contributed by atoms with van der Waals surface area (Å²) in [6.07, 6.45) is 9.83. The summed E-state index contributed by atoms with van der Waals surface area (Å²) in [4.78, 5) is 4.58. The highest BCUT2D eigenvalue weighted by Gasteiger charge is 2.17. The minimum absolute atomic E-state index is 0.543. The fraction of sp³-hybridized carbons (Fsp3) is 0.526. The van der Waals surface area contributed by atoms with Gasteiger partial charge in [0.1, 0.15) is 11.3 Å². The van der Waals surface area contributed by atoms with Crippen molar-refractivity contribution in [2.75, 3.05) is 5.75 Å². The smallest absolute Gasteiger partial charge is 0.276 e. The third kappa shape index (κ3) is 4.42. The Balaban J connectivity index is 1.62. The third-order valence-corrected chi connectivity index (χ3v) is 5.18. The molecule has 134 valence electrons. The molecule has 0 radical (unpaired) electrons. The first-order valence-corrected chi connectivity index (χ1v) is 10.1. The standard InChI is InChI=1S/C19H26N4OS/c1-4-5-6-7-8-9-12-25-19-22-21-18(24-19)17-15(3)20-16-11-10-14(2)13-23(16)17/h10-11,13H,4-9,12H2,1-3H3. The number of rotatable bonds is 9. The van der Waals surface area contributed by atoms with Crippen LogP contribution < -0.4 is 0 Å². The molecule has 0 aliphatic carbocycles. The Labute approximate surface area is 153 Å². The van der Waals surface area contributed by atoms with E-state index in [1.165, 1.54) is 44.1 Å². The molecule has 5 nitrogen and oxygen atoms in total. The van der Waals surface area contributed by atoms with Gasteiger partial charge < -0.3 is 4.42 Å². The molecule has 25 heavy (non-hydrogen) atoms. The Morgan fingerprint density at radius 3 is 2.68 bits per heavy atom. The van der Waals surface area contributed by atoms with Crippen LogP contribution in [0.4, 0.5) is 0 Å². The maximum atomic E-state index is 5.88. The Hall–Kier alpha value is -1.82. The average Bonchev–Trinajstić information content (AvgIpc) is 3.17. The van der Waals surface area contributed by atoms with E-state index in [9.17, 15) is 0 Å². The van der Waals surface area contributed by atoms with Crippen molar-refractivity contribution in [3.05, 3.63) is 29.6 Å². The van der Waals surface area contributed by atoms with E-state index < -0.39 is 0 Å². The number of imidazole rings is 1. The number of unbranched alkanes of at least 4 members (excludes halogenated alkanes) is 5. The maximum Gasteiger partial charge on any atom is 0.276 e. The number of thioether (sulfide) groups is 1. The number of nitrogens with zero attached hydrogens (tertiary/aromatic N) is 4. The van der Waals surface area contributed by atoms with Gasteiger partial charge in [0.05, 0.1) is 5.69 Å². The third-order valence-electron chi connectivity index (χ3n) is 4.27. The molecule has 3 aromatic heterocycles. The molecule has 0 N–H and O–H groups in total. The SMILES string of the molecule is CCCCCCCCSc1nnc(-c2c(C)nc3ccc(C)cn23)o1. The van der Waals surface area contributed by atoms with E-state index >= 15 is 0 Å². The first kappa shape index (κ1) is 18.0. The molecular weight excluding hydrogens is 332 g/mol. The monoisotopic (exact) mass is 358 g/mol. The molecule has 3 rings (SSSR count). The predicted octanol–water partition coefficient (Wildman–Crippen LogP) is 5.45. The van der Waals surface area contributed by atoms with Crippen LogP contribution in [-0.4, -0.2) is 25.3 Å². The summed E-state index contributed by atoms with van der Waals surface area (Å²) in [6.45, 7) is 6.29. The quantitative estimate of drug-likeness (QED) is 0.376. The number of pyridine rings is 1. The molecule has 0 atom stereocenters. The average molecular weight is 359 g/mol. The fourth-order valence-corrected chi connectivity index (χ4v) is 3.69. The number of fused-ring (bicyclic) bond motifs is 1. The summed E-state index contributed by atoms with van der Waals surface area (Å²) in [5.41, 5.74) is 3.86. The van der Waals surface area contributed by atoms with E-state index in [4.69, 9.17) is 4.42 Å². The molecular formula is C19H26N4OS. The second kappa shape index (κ2) is 8.52. The highest BCUT2D eigenvalue weighted by atomic mass is 32.2. The highest BCUT2D eigenvalue weighted by molar-refractivity contribution is 7.99. The van der Waals surface area contributed by atoms with Crippen LogP contribution in [-0.2, 0) is 0 Å². The van der Waals surface area contributed by atoms with E-state index in [0.717, 1.165) is 22.8 Å². The van der Waals surface area contributed by atoms with E-state index in [1.807, 2.05) is 17.4 Å². The van der Waals surface area contributed by atoms with Crippen LogP contribution in [0, 0.1) is 13.8 Å². The van der Waals surface area contributed by atoms with Crippen molar-refractivity contribution in [2.24, 2.45) is 0 Å². The summed E-state index contributed by atoms with van der Waals surface area (Å²) in [6, 6.07) is 4.07. The predicted molar refractivity (Wildman–Crippen MR) is 102 cm³/mol. The van der Waals surface area contributed by atoms with Gasteiger partial charge in [-0.1, -0.05) is 56.9 Å². The lowest BCUT2D eigenvalue weighted by Gasteiger charge is -2.00. The van der Waals surface area contributed by atoms with E-state index in [0.29, 0.717) is 11.1 Å². The number of aromatic nitrogens is 4. The summed E-state index contributed by atoms with van der Waals surface area (Å²) in [7, 11) is 0. The molecule has 0 spiro atoms. The van der Waals surface area contributed by atoms with Crippen molar-refractivity contribution < 1.29 is 4.42 Å². The zero-order valence-corrected chi connectivity index (χ0v) is 16.1. The number of hydrogen-bond donors (Lipinski definition) is 0. The van der Waals surface area contributed by atoms with Crippen LogP contribution in [0.15, 0.2) is 28.0 Å².